The van der Waals surface area contributed by atoms with E-state index < -0.39 is 0 Å². The molecule has 24 heavy (non-hydrogen) atoms. The molecule has 6 nitrogen and oxygen atoms in total. The van der Waals surface area contributed by atoms with Gasteiger partial charge in [-0.2, -0.15) is 0 Å². The predicted octanol–water partition coefficient (Wildman–Crippen LogP) is 0.521. The lowest BCUT2D eigenvalue weighted by molar-refractivity contribution is -0.141. The lowest BCUT2D eigenvalue weighted by Gasteiger charge is -2.28. The van der Waals surface area contributed by atoms with Gasteiger partial charge in [-0.05, 0) is 12.8 Å². The van der Waals surface area contributed by atoms with Crippen molar-refractivity contribution in [2.24, 2.45) is 5.92 Å². The molecule has 1 aliphatic carbocycles. The maximum atomic E-state index is 12.6. The third-order valence-corrected chi connectivity index (χ3v) is 6.12. The van der Waals surface area contributed by atoms with Crippen LogP contribution in [0.25, 0.3) is 0 Å². The Hall–Kier alpha value is -0.500. The molecule has 0 aromatic heterocycles. The van der Waals surface area contributed by atoms with Crippen molar-refractivity contribution in [1.29, 1.82) is 0 Å². The molecular weight excluding hydrogens is 348 g/mol. The van der Waals surface area contributed by atoms with Crippen molar-refractivity contribution in [3.8, 4) is 0 Å². The van der Waals surface area contributed by atoms with E-state index in [1.54, 1.807) is 11.8 Å². The predicted molar refractivity (Wildman–Crippen MR) is 99.5 cm³/mol. The van der Waals surface area contributed by atoms with Gasteiger partial charge in [0.05, 0.1) is 5.88 Å². The summed E-state index contributed by atoms with van der Waals surface area (Å²) in [6.07, 6.45) is 4.30. The van der Waals surface area contributed by atoms with Gasteiger partial charge in [0.2, 0.25) is 11.8 Å². The number of hydrogen-bond acceptors (Lipinski definition) is 5. The number of nitrogens with zero attached hydrogens (tertiary/aromatic N) is 2. The second kappa shape index (κ2) is 9.85. The number of rotatable bonds is 5. The third kappa shape index (κ3) is 5.00. The average Bonchev–Trinajstić information content (AvgIpc) is 3.27. The minimum atomic E-state index is -0.267. The number of piperazine rings is 1. The van der Waals surface area contributed by atoms with Crippen LogP contribution in [0.2, 0.25) is 0 Å². The average molecular weight is 377 g/mol. The fourth-order valence-electron chi connectivity index (χ4n) is 3.67. The van der Waals surface area contributed by atoms with E-state index in [0.29, 0.717) is 12.4 Å². The second-order valence-corrected chi connectivity index (χ2v) is 7.69. The minimum Gasteiger partial charge on any atom is -0.353 e. The number of carbonyl (C=O) groups excluding carboxylic acids is 2. The molecule has 2 aliphatic heterocycles. The van der Waals surface area contributed by atoms with E-state index in [4.69, 9.17) is 0 Å². The van der Waals surface area contributed by atoms with Crippen molar-refractivity contribution in [2.45, 2.75) is 31.7 Å². The van der Waals surface area contributed by atoms with Crippen LogP contribution >= 0.6 is 24.2 Å². The van der Waals surface area contributed by atoms with Gasteiger partial charge in [-0.1, -0.05) is 12.8 Å². The molecule has 1 saturated carbocycles. The Kier molecular flexibility index (Phi) is 8.13. The summed E-state index contributed by atoms with van der Waals surface area (Å²) >= 11 is 1.69. The van der Waals surface area contributed by atoms with Crippen LogP contribution in [0.3, 0.4) is 0 Å². The van der Waals surface area contributed by atoms with Crippen LogP contribution in [0.15, 0.2) is 0 Å². The summed E-state index contributed by atoms with van der Waals surface area (Å²) in [5.41, 5.74) is 0. The highest BCUT2D eigenvalue weighted by atomic mass is 35.5. The largest absolute Gasteiger partial charge is 0.353 e. The van der Waals surface area contributed by atoms with Crippen LogP contribution in [0.4, 0.5) is 0 Å². The van der Waals surface area contributed by atoms with Crippen LogP contribution in [0, 0.1) is 5.92 Å². The van der Waals surface area contributed by atoms with Crippen molar-refractivity contribution in [3.05, 3.63) is 0 Å². The second-order valence-electron chi connectivity index (χ2n) is 6.69. The molecule has 0 aromatic rings. The first-order valence-corrected chi connectivity index (χ1v) is 10.00. The zero-order chi connectivity index (χ0) is 16.1. The zero-order valence-electron chi connectivity index (χ0n) is 14.2. The Morgan fingerprint density at radius 1 is 1.17 bits per heavy atom. The molecule has 0 radical (unpaired) electrons. The normalized spacial score (nSPS) is 25.5. The van der Waals surface area contributed by atoms with Crippen LogP contribution in [-0.2, 0) is 9.59 Å². The molecule has 0 bridgehead atoms. The maximum absolute atomic E-state index is 12.6. The van der Waals surface area contributed by atoms with Gasteiger partial charge in [0.1, 0.15) is 6.04 Å². The summed E-state index contributed by atoms with van der Waals surface area (Å²) in [6, 6.07) is -0.267. The molecule has 0 spiro atoms. The lowest BCUT2D eigenvalue weighted by atomic mass is 10.1. The number of hydrogen-bond donors (Lipinski definition) is 2. The highest BCUT2D eigenvalue weighted by Crippen LogP contribution is 2.30. The Labute approximate surface area is 154 Å². The number of nitrogens with one attached hydrogen (secondary N) is 2. The lowest BCUT2D eigenvalue weighted by Crippen LogP contribution is -2.51. The van der Waals surface area contributed by atoms with E-state index in [-0.39, 0.29) is 36.2 Å². The Bertz CT molecular complexity index is 428. The van der Waals surface area contributed by atoms with Gasteiger partial charge >= 0.3 is 0 Å². The minimum absolute atomic E-state index is 0. The summed E-state index contributed by atoms with van der Waals surface area (Å²) in [4.78, 5) is 29.3. The first-order chi connectivity index (χ1) is 11.3. The van der Waals surface area contributed by atoms with Gasteiger partial charge in [0.25, 0.3) is 0 Å². The Balaban J connectivity index is 0.00000208. The maximum Gasteiger partial charge on any atom is 0.243 e. The van der Waals surface area contributed by atoms with Gasteiger partial charge in [0, 0.05) is 50.9 Å². The van der Waals surface area contributed by atoms with Gasteiger partial charge < -0.3 is 15.5 Å². The van der Waals surface area contributed by atoms with E-state index in [1.165, 1.54) is 0 Å². The zero-order valence-corrected chi connectivity index (χ0v) is 15.8. The fourth-order valence-corrected chi connectivity index (χ4v) is 4.84. The quantitative estimate of drug-likeness (QED) is 0.732. The van der Waals surface area contributed by atoms with Crippen LogP contribution in [0.1, 0.15) is 25.7 Å². The fraction of sp³-hybridized carbons (Fsp3) is 0.875. The molecule has 2 amide bonds. The van der Waals surface area contributed by atoms with Crippen molar-refractivity contribution in [3.63, 3.8) is 0 Å². The summed E-state index contributed by atoms with van der Waals surface area (Å²) in [5, 5.41) is 6.37. The monoisotopic (exact) mass is 376 g/mol. The molecule has 3 fully saturated rings. The first-order valence-electron chi connectivity index (χ1n) is 8.85. The molecular formula is C16H29ClN4O2S. The molecule has 2 heterocycles. The van der Waals surface area contributed by atoms with E-state index in [9.17, 15) is 9.59 Å². The molecule has 1 atom stereocenters. The van der Waals surface area contributed by atoms with Crippen LogP contribution in [0.5, 0.6) is 0 Å². The molecule has 2 saturated heterocycles. The van der Waals surface area contributed by atoms with Gasteiger partial charge in [-0.3, -0.25) is 14.5 Å². The molecule has 138 valence electrons. The summed E-state index contributed by atoms with van der Waals surface area (Å²) in [5.74, 6) is 1.79. The Morgan fingerprint density at radius 2 is 1.88 bits per heavy atom. The van der Waals surface area contributed by atoms with Crippen molar-refractivity contribution >= 4 is 36.0 Å². The highest BCUT2D eigenvalue weighted by Gasteiger charge is 2.38. The summed E-state index contributed by atoms with van der Waals surface area (Å²) in [6.45, 7) is 5.70. The van der Waals surface area contributed by atoms with Crippen LogP contribution in [-0.4, -0.2) is 78.6 Å². The molecule has 3 rings (SSSR count). The summed E-state index contributed by atoms with van der Waals surface area (Å²) < 4.78 is 0. The molecule has 3 aliphatic rings. The topological polar surface area (TPSA) is 64.7 Å². The van der Waals surface area contributed by atoms with Crippen molar-refractivity contribution in [1.82, 2.24) is 20.4 Å². The third-order valence-electron chi connectivity index (χ3n) is 5.11. The van der Waals surface area contributed by atoms with Gasteiger partial charge in [-0.15, -0.1) is 24.2 Å². The summed E-state index contributed by atoms with van der Waals surface area (Å²) in [7, 11) is 0. The number of amides is 2. The Morgan fingerprint density at radius 3 is 2.58 bits per heavy atom. The SMILES string of the molecule is Cl.O=C(NCCN1CCNCC1)C1CSCN1C(=O)C1CCCC1. The smallest absolute Gasteiger partial charge is 0.243 e. The standard InChI is InChI=1S/C16H28N4O2S.ClH/c21-15(18-7-10-19-8-5-17-6-9-19)14-11-23-12-20(14)16(22)13-3-1-2-4-13;/h13-14,17H,1-12H2,(H,18,21);1H. The van der Waals surface area contributed by atoms with Crippen LogP contribution < -0.4 is 10.6 Å². The number of thioether (sulfide) groups is 1. The van der Waals surface area contributed by atoms with Gasteiger partial charge in [-0.25, -0.2) is 0 Å². The molecule has 0 aromatic carbocycles. The van der Waals surface area contributed by atoms with Crippen molar-refractivity contribution < 1.29 is 9.59 Å². The molecule has 2 N–H and O–H groups in total. The van der Waals surface area contributed by atoms with E-state index in [0.717, 1.165) is 64.2 Å². The van der Waals surface area contributed by atoms with E-state index in [2.05, 4.69) is 15.5 Å². The van der Waals surface area contributed by atoms with Crippen molar-refractivity contribution in [2.75, 3.05) is 50.9 Å². The number of carbonyl (C=O) groups is 2. The van der Waals surface area contributed by atoms with E-state index >= 15 is 0 Å². The van der Waals surface area contributed by atoms with E-state index in [1.807, 2.05) is 4.90 Å². The van der Waals surface area contributed by atoms with Gasteiger partial charge in [0.15, 0.2) is 0 Å². The molecule has 8 heteroatoms. The number of halogens is 1. The highest BCUT2D eigenvalue weighted by molar-refractivity contribution is 7.99. The molecule has 1 unspecified atom stereocenters. The first kappa shape index (κ1) is 19.8.